The molecule has 37 heavy (non-hydrogen) atoms. The Kier molecular flexibility index (Phi) is 6.55. The largest absolute Gasteiger partial charge is 0.402 e. The summed E-state index contributed by atoms with van der Waals surface area (Å²) in [5, 5.41) is 26.6. The number of aryl methyl sites for hydroxylation is 1. The number of carbonyl (C=O) groups is 1. The molecule has 0 spiro atoms. The lowest BCUT2D eigenvalue weighted by Gasteiger charge is -2.12. The number of aromatic nitrogens is 2. The van der Waals surface area contributed by atoms with Crippen LogP contribution in [0.25, 0.3) is 5.69 Å². The topological polar surface area (TPSA) is 165 Å². The molecule has 1 heterocycles. The molecule has 0 atom stereocenters. The van der Waals surface area contributed by atoms with Crippen LogP contribution in [0.5, 0.6) is 5.88 Å². The third-order valence-electron chi connectivity index (χ3n) is 5.50. The first kappa shape index (κ1) is 25.2. The lowest BCUT2D eigenvalue weighted by molar-refractivity contribution is -0.385. The van der Waals surface area contributed by atoms with Crippen LogP contribution in [0.2, 0.25) is 0 Å². The highest BCUT2D eigenvalue weighted by molar-refractivity contribution is 7.91. The van der Waals surface area contributed by atoms with E-state index < -0.39 is 36.4 Å². The van der Waals surface area contributed by atoms with Gasteiger partial charge in [0.1, 0.15) is 0 Å². The van der Waals surface area contributed by atoms with E-state index in [0.29, 0.717) is 5.69 Å². The Bertz CT molecular complexity index is 1650. The van der Waals surface area contributed by atoms with Gasteiger partial charge in [0.2, 0.25) is 15.7 Å². The third kappa shape index (κ3) is 4.67. The van der Waals surface area contributed by atoms with Gasteiger partial charge in [-0.15, -0.1) is 0 Å². The summed E-state index contributed by atoms with van der Waals surface area (Å²) in [7, 11) is -4.38. The SMILES string of the molecule is Cc1nn(-c2ccccc2)c(OC(=O)c2cccc([N+](=O)[O-])c2C)c1S(=O)(=O)c1ccc([N+](=O)[O-])cc1. The number of nitro groups is 2. The first-order valence-electron chi connectivity index (χ1n) is 10.6. The zero-order valence-electron chi connectivity index (χ0n) is 19.4. The van der Waals surface area contributed by atoms with Gasteiger partial charge in [0.05, 0.1) is 31.7 Å². The van der Waals surface area contributed by atoms with Crippen LogP contribution >= 0.6 is 0 Å². The fraction of sp³-hybridized carbons (Fsp3) is 0.0833. The standard InChI is InChI=1S/C24H18N4O8S/c1-15-20(9-6-10-21(15)28(32)33)24(29)36-23-22(16(2)25-26(23)17-7-4-3-5-8-17)37(34,35)19-13-11-18(12-14-19)27(30)31/h3-14H,1-2H3. The van der Waals surface area contributed by atoms with Crippen LogP contribution < -0.4 is 4.74 Å². The van der Waals surface area contributed by atoms with Crippen LogP contribution in [-0.2, 0) is 9.84 Å². The van der Waals surface area contributed by atoms with Gasteiger partial charge < -0.3 is 4.74 Å². The zero-order valence-corrected chi connectivity index (χ0v) is 20.2. The molecule has 4 rings (SSSR count). The van der Waals surface area contributed by atoms with Gasteiger partial charge in [-0.05, 0) is 44.2 Å². The smallest absolute Gasteiger partial charge is 0.345 e. The van der Waals surface area contributed by atoms with Crippen LogP contribution in [0.3, 0.4) is 0 Å². The summed E-state index contributed by atoms with van der Waals surface area (Å²) in [4.78, 5) is 33.5. The molecule has 0 radical (unpaired) electrons. The summed E-state index contributed by atoms with van der Waals surface area (Å²) in [5.41, 5.74) is -0.314. The van der Waals surface area contributed by atoms with E-state index in [4.69, 9.17) is 4.74 Å². The van der Waals surface area contributed by atoms with Gasteiger partial charge in [0.15, 0.2) is 4.90 Å². The molecule has 13 heteroatoms. The van der Waals surface area contributed by atoms with Gasteiger partial charge in [-0.3, -0.25) is 20.2 Å². The summed E-state index contributed by atoms with van der Waals surface area (Å²) >= 11 is 0. The second kappa shape index (κ2) is 9.62. The fourth-order valence-corrected chi connectivity index (χ4v) is 5.20. The van der Waals surface area contributed by atoms with Crippen LogP contribution in [0.4, 0.5) is 11.4 Å². The van der Waals surface area contributed by atoms with Crippen LogP contribution in [-0.4, -0.2) is 34.0 Å². The number of nitro benzene ring substituents is 2. The molecule has 12 nitrogen and oxygen atoms in total. The lowest BCUT2D eigenvalue weighted by atomic mass is 10.1. The Hall–Kier alpha value is -4.91. The Morgan fingerprint density at radius 1 is 0.892 bits per heavy atom. The maximum absolute atomic E-state index is 13.6. The highest BCUT2D eigenvalue weighted by Crippen LogP contribution is 2.36. The second-order valence-electron chi connectivity index (χ2n) is 7.82. The molecule has 0 fully saturated rings. The zero-order chi connectivity index (χ0) is 26.9. The van der Waals surface area contributed by atoms with Crippen molar-refractivity contribution in [2.45, 2.75) is 23.6 Å². The van der Waals surface area contributed by atoms with Crippen molar-refractivity contribution in [3.63, 3.8) is 0 Å². The quantitative estimate of drug-likeness (QED) is 0.195. The molecule has 188 valence electrons. The summed E-state index contributed by atoms with van der Waals surface area (Å²) < 4.78 is 34.0. The number of nitrogens with zero attached hydrogens (tertiary/aromatic N) is 4. The second-order valence-corrected chi connectivity index (χ2v) is 9.70. The van der Waals surface area contributed by atoms with Crippen LogP contribution in [0, 0.1) is 34.1 Å². The van der Waals surface area contributed by atoms with Crippen molar-refractivity contribution in [2.24, 2.45) is 0 Å². The normalized spacial score (nSPS) is 11.2. The summed E-state index contributed by atoms with van der Waals surface area (Å²) in [6, 6.07) is 16.4. The Labute approximate surface area is 210 Å². The highest BCUT2D eigenvalue weighted by atomic mass is 32.2. The number of carbonyl (C=O) groups excluding carboxylic acids is 1. The van der Waals surface area contributed by atoms with Gasteiger partial charge in [0.25, 0.3) is 11.4 Å². The number of rotatable bonds is 7. The molecule has 0 aliphatic heterocycles. The predicted octanol–water partition coefficient (Wildman–Crippen LogP) is 4.36. The average molecular weight is 522 g/mol. The van der Waals surface area contributed by atoms with Crippen molar-refractivity contribution in [2.75, 3.05) is 0 Å². The first-order valence-corrected chi connectivity index (χ1v) is 12.1. The maximum Gasteiger partial charge on any atom is 0.345 e. The van der Waals surface area contributed by atoms with Gasteiger partial charge in [-0.25, -0.2) is 13.2 Å². The number of non-ortho nitro benzene ring substituents is 1. The number of esters is 1. The number of benzene rings is 3. The minimum absolute atomic E-state index is 0.000713. The average Bonchev–Trinajstić information content (AvgIpc) is 3.20. The molecule has 0 bridgehead atoms. The van der Waals surface area contributed by atoms with Crippen LogP contribution in [0.1, 0.15) is 21.6 Å². The van der Waals surface area contributed by atoms with Crippen LogP contribution in [0.15, 0.2) is 82.6 Å². The van der Waals surface area contributed by atoms with E-state index >= 15 is 0 Å². The van der Waals surface area contributed by atoms with Gasteiger partial charge in [0, 0.05) is 23.8 Å². The number of hydrogen-bond acceptors (Lipinski definition) is 9. The fourth-order valence-electron chi connectivity index (χ4n) is 3.68. The number of sulfone groups is 1. The van der Waals surface area contributed by atoms with E-state index in [9.17, 15) is 33.4 Å². The molecule has 0 unspecified atom stereocenters. The van der Waals surface area contributed by atoms with Gasteiger partial charge >= 0.3 is 5.97 Å². The maximum atomic E-state index is 13.6. The molecular weight excluding hydrogens is 504 g/mol. The van der Waals surface area contributed by atoms with Crippen molar-refractivity contribution < 1.29 is 27.8 Å². The summed E-state index contributed by atoms with van der Waals surface area (Å²) in [6.45, 7) is 2.79. The van der Waals surface area contributed by atoms with E-state index in [1.165, 1.54) is 32.0 Å². The molecule has 0 amide bonds. The Morgan fingerprint density at radius 3 is 2.14 bits per heavy atom. The number of hydrogen-bond donors (Lipinski definition) is 0. The minimum Gasteiger partial charge on any atom is -0.402 e. The van der Waals surface area contributed by atoms with E-state index in [0.717, 1.165) is 28.9 Å². The van der Waals surface area contributed by atoms with E-state index in [-0.39, 0.29) is 33.1 Å². The van der Waals surface area contributed by atoms with Crippen molar-refractivity contribution in [3.8, 4) is 11.6 Å². The minimum atomic E-state index is -4.38. The van der Waals surface area contributed by atoms with Gasteiger partial charge in [-0.1, -0.05) is 24.3 Å². The summed E-state index contributed by atoms with van der Waals surface area (Å²) in [5.74, 6) is -1.46. The highest BCUT2D eigenvalue weighted by Gasteiger charge is 2.33. The monoisotopic (exact) mass is 522 g/mol. The summed E-state index contributed by atoms with van der Waals surface area (Å²) in [6.07, 6.45) is 0. The van der Waals surface area contributed by atoms with Crippen molar-refractivity contribution in [1.29, 1.82) is 0 Å². The molecule has 3 aromatic carbocycles. The molecule has 0 saturated carbocycles. The van der Waals surface area contributed by atoms with Gasteiger partial charge in [-0.2, -0.15) is 9.78 Å². The molecule has 0 saturated heterocycles. The van der Waals surface area contributed by atoms with E-state index in [2.05, 4.69) is 5.10 Å². The molecule has 0 N–H and O–H groups in total. The van der Waals surface area contributed by atoms with Crippen molar-refractivity contribution >= 4 is 27.2 Å². The predicted molar refractivity (Wildman–Crippen MR) is 130 cm³/mol. The Balaban J connectivity index is 1.89. The van der Waals surface area contributed by atoms with E-state index in [1.54, 1.807) is 30.3 Å². The van der Waals surface area contributed by atoms with E-state index in [1.807, 2.05) is 0 Å². The Morgan fingerprint density at radius 2 is 1.54 bits per heavy atom. The number of ether oxygens (including phenoxy) is 1. The molecule has 0 aliphatic carbocycles. The lowest BCUT2D eigenvalue weighted by Crippen LogP contribution is -2.16. The molecule has 1 aromatic heterocycles. The molecule has 4 aromatic rings. The number of para-hydroxylation sites is 1. The van der Waals surface area contributed by atoms with Crippen molar-refractivity contribution in [1.82, 2.24) is 9.78 Å². The molecular formula is C24H18N4O8S. The van der Waals surface area contributed by atoms with Crippen molar-refractivity contribution in [3.05, 3.63) is 110 Å². The molecule has 0 aliphatic rings. The first-order chi connectivity index (χ1) is 17.5. The third-order valence-corrected chi connectivity index (χ3v) is 7.40.